The van der Waals surface area contributed by atoms with Crippen molar-refractivity contribution in [1.29, 1.82) is 0 Å². The minimum Gasteiger partial charge on any atom is -0.487 e. The van der Waals surface area contributed by atoms with E-state index >= 15 is 0 Å². The topological polar surface area (TPSA) is 44.8 Å². The molecule has 0 atom stereocenters. The Morgan fingerprint density at radius 2 is 2.04 bits per heavy atom. The Balaban J connectivity index is 1.51. The van der Waals surface area contributed by atoms with Crippen LogP contribution in [0.3, 0.4) is 0 Å². The number of fused-ring (bicyclic) bond motifs is 1. The Morgan fingerprint density at radius 3 is 2.70 bits per heavy atom. The van der Waals surface area contributed by atoms with E-state index in [0.717, 1.165) is 44.6 Å². The van der Waals surface area contributed by atoms with Gasteiger partial charge in [0.1, 0.15) is 11.4 Å². The molecule has 0 aliphatic carbocycles. The van der Waals surface area contributed by atoms with Gasteiger partial charge >= 0.3 is 0 Å². The highest BCUT2D eigenvalue weighted by molar-refractivity contribution is 5.78. The quantitative estimate of drug-likeness (QED) is 0.833. The number of piperidine rings is 1. The predicted octanol–water partition coefficient (Wildman–Crippen LogP) is 2.82. The Labute approximate surface area is 164 Å². The normalized spacial score (nSPS) is 20.0. The number of hydrogen-bond acceptors (Lipinski definition) is 4. The molecule has 0 radical (unpaired) electrons. The lowest BCUT2D eigenvalue weighted by Crippen LogP contribution is -2.47. The average Bonchev–Trinajstić information content (AvgIpc) is 2.89. The van der Waals surface area contributed by atoms with Gasteiger partial charge in [0.25, 0.3) is 0 Å². The van der Waals surface area contributed by atoms with Crippen LogP contribution in [0.15, 0.2) is 18.2 Å². The van der Waals surface area contributed by atoms with Gasteiger partial charge in [-0.3, -0.25) is 14.6 Å². The van der Waals surface area contributed by atoms with Crippen molar-refractivity contribution in [1.82, 2.24) is 15.1 Å². The summed E-state index contributed by atoms with van der Waals surface area (Å²) >= 11 is 0. The maximum Gasteiger partial charge on any atom is 0.234 e. The first-order valence-corrected chi connectivity index (χ1v) is 10.3. The Hall–Kier alpha value is -1.59. The summed E-state index contributed by atoms with van der Waals surface area (Å²) in [7, 11) is 2.07. The number of likely N-dealkylation sites (N-methyl/N-ethyl adjacent to an activating group) is 1. The molecule has 27 heavy (non-hydrogen) atoms. The van der Waals surface area contributed by atoms with E-state index < -0.39 is 0 Å². The number of benzene rings is 1. The molecular formula is C22H35N3O2. The Bertz CT molecular complexity index is 664. The monoisotopic (exact) mass is 373 g/mol. The highest BCUT2D eigenvalue weighted by atomic mass is 16.5. The third-order valence-corrected chi connectivity index (χ3v) is 5.59. The van der Waals surface area contributed by atoms with Gasteiger partial charge in [-0.05, 0) is 66.2 Å². The van der Waals surface area contributed by atoms with Crippen molar-refractivity contribution in [2.75, 3.05) is 26.7 Å². The first-order chi connectivity index (χ1) is 12.7. The summed E-state index contributed by atoms with van der Waals surface area (Å²) in [5, 5.41) is 2.98. The number of carbonyl (C=O) groups is 1. The van der Waals surface area contributed by atoms with Gasteiger partial charge < -0.3 is 10.1 Å². The maximum atomic E-state index is 12.0. The minimum atomic E-state index is -0.0926. The van der Waals surface area contributed by atoms with Gasteiger partial charge in [-0.1, -0.05) is 18.2 Å². The van der Waals surface area contributed by atoms with Gasteiger partial charge in [-0.15, -0.1) is 0 Å². The standard InChI is InChI=1S/C22H35N3O2/c1-16(2)23-20(26)15-24(5)19-9-11-25(12-10-19)14-18-8-6-7-17-13-22(3,4)27-21(17)18/h6-8,16,19H,9-15H2,1-5H3,(H,23,26). The van der Waals surface area contributed by atoms with Crippen LogP contribution in [-0.2, 0) is 17.8 Å². The van der Waals surface area contributed by atoms with Gasteiger partial charge in [0.05, 0.1) is 6.54 Å². The molecule has 5 nitrogen and oxygen atoms in total. The third kappa shape index (κ3) is 5.23. The van der Waals surface area contributed by atoms with Crippen LogP contribution >= 0.6 is 0 Å². The lowest BCUT2D eigenvalue weighted by molar-refractivity contribution is -0.123. The third-order valence-electron chi connectivity index (χ3n) is 5.59. The van der Waals surface area contributed by atoms with Crippen LogP contribution in [0.4, 0.5) is 0 Å². The molecule has 1 amide bonds. The maximum absolute atomic E-state index is 12.0. The number of carbonyl (C=O) groups excluding carboxylic acids is 1. The zero-order valence-electron chi connectivity index (χ0n) is 17.5. The summed E-state index contributed by atoms with van der Waals surface area (Å²) in [5.41, 5.74) is 2.55. The van der Waals surface area contributed by atoms with Gasteiger partial charge in [0.2, 0.25) is 5.91 Å². The highest BCUT2D eigenvalue weighted by Gasteiger charge is 2.32. The summed E-state index contributed by atoms with van der Waals surface area (Å²) in [6.45, 7) is 11.9. The van der Waals surface area contributed by atoms with E-state index in [0.29, 0.717) is 12.6 Å². The number of para-hydroxylation sites is 1. The molecular weight excluding hydrogens is 338 g/mol. The molecule has 1 N–H and O–H groups in total. The van der Waals surface area contributed by atoms with Crippen molar-refractivity contribution < 1.29 is 9.53 Å². The molecule has 2 heterocycles. The molecule has 0 bridgehead atoms. The van der Waals surface area contributed by atoms with Crippen molar-refractivity contribution in [3.05, 3.63) is 29.3 Å². The van der Waals surface area contributed by atoms with E-state index in [4.69, 9.17) is 4.74 Å². The van der Waals surface area contributed by atoms with E-state index in [1.165, 1.54) is 11.1 Å². The second kappa shape index (κ2) is 8.19. The molecule has 1 aromatic rings. The number of ether oxygens (including phenoxy) is 1. The number of nitrogens with zero attached hydrogens (tertiary/aromatic N) is 2. The largest absolute Gasteiger partial charge is 0.487 e. The van der Waals surface area contributed by atoms with E-state index in [9.17, 15) is 4.79 Å². The number of likely N-dealkylation sites (tertiary alicyclic amines) is 1. The summed E-state index contributed by atoms with van der Waals surface area (Å²) in [6.07, 6.45) is 3.20. The molecule has 3 rings (SSSR count). The molecule has 1 saturated heterocycles. The van der Waals surface area contributed by atoms with E-state index in [1.807, 2.05) is 13.8 Å². The average molecular weight is 374 g/mol. The van der Waals surface area contributed by atoms with Crippen LogP contribution in [0.25, 0.3) is 0 Å². The summed E-state index contributed by atoms with van der Waals surface area (Å²) in [5.74, 6) is 1.22. The van der Waals surface area contributed by atoms with Crippen molar-refractivity contribution in [3.8, 4) is 5.75 Å². The van der Waals surface area contributed by atoms with Gasteiger partial charge in [0, 0.05) is 30.6 Å². The van der Waals surface area contributed by atoms with Crippen molar-refractivity contribution in [2.45, 2.75) is 71.2 Å². The number of nitrogens with one attached hydrogen (secondary N) is 1. The molecule has 1 fully saturated rings. The van der Waals surface area contributed by atoms with Crippen molar-refractivity contribution in [2.24, 2.45) is 0 Å². The zero-order chi connectivity index (χ0) is 19.6. The molecule has 2 aliphatic rings. The lowest BCUT2D eigenvalue weighted by atomic mass is 9.99. The van der Waals surface area contributed by atoms with Gasteiger partial charge in [0.15, 0.2) is 0 Å². The van der Waals surface area contributed by atoms with Gasteiger partial charge in [-0.25, -0.2) is 0 Å². The molecule has 0 saturated carbocycles. The van der Waals surface area contributed by atoms with Crippen LogP contribution in [-0.4, -0.2) is 60.1 Å². The first kappa shape index (κ1) is 20.2. The summed E-state index contributed by atoms with van der Waals surface area (Å²) < 4.78 is 6.22. The first-order valence-electron chi connectivity index (χ1n) is 10.3. The minimum absolute atomic E-state index is 0.0926. The van der Waals surface area contributed by atoms with Crippen molar-refractivity contribution in [3.63, 3.8) is 0 Å². The molecule has 5 heteroatoms. The smallest absolute Gasteiger partial charge is 0.234 e. The number of rotatable bonds is 6. The summed E-state index contributed by atoms with van der Waals surface area (Å²) in [4.78, 5) is 16.7. The number of amides is 1. The second-order valence-corrected chi connectivity index (χ2v) is 9.09. The van der Waals surface area contributed by atoms with Crippen LogP contribution < -0.4 is 10.1 Å². The molecule has 1 aromatic carbocycles. The van der Waals surface area contributed by atoms with Crippen LogP contribution in [0.2, 0.25) is 0 Å². The fourth-order valence-electron chi connectivity index (χ4n) is 4.29. The second-order valence-electron chi connectivity index (χ2n) is 9.09. The van der Waals surface area contributed by atoms with Crippen LogP contribution in [0, 0.1) is 0 Å². The summed E-state index contributed by atoms with van der Waals surface area (Å²) in [6, 6.07) is 7.24. The van der Waals surface area contributed by atoms with Crippen molar-refractivity contribution >= 4 is 5.91 Å². The Morgan fingerprint density at radius 1 is 1.33 bits per heavy atom. The fourth-order valence-corrected chi connectivity index (χ4v) is 4.29. The Kier molecular flexibility index (Phi) is 6.11. The fraction of sp³-hybridized carbons (Fsp3) is 0.682. The lowest BCUT2D eigenvalue weighted by Gasteiger charge is -2.36. The van der Waals surface area contributed by atoms with E-state index in [1.54, 1.807) is 0 Å². The predicted molar refractivity (Wildman–Crippen MR) is 109 cm³/mol. The SMILES string of the molecule is CC(C)NC(=O)CN(C)C1CCN(Cc2cccc3c2OC(C)(C)C3)CC1. The van der Waals surface area contributed by atoms with E-state index in [2.05, 4.69) is 54.2 Å². The molecule has 0 spiro atoms. The van der Waals surface area contributed by atoms with E-state index in [-0.39, 0.29) is 17.6 Å². The van der Waals surface area contributed by atoms with Gasteiger partial charge in [-0.2, -0.15) is 0 Å². The zero-order valence-corrected chi connectivity index (χ0v) is 17.5. The molecule has 0 aromatic heterocycles. The van der Waals surface area contributed by atoms with Crippen LogP contribution in [0.1, 0.15) is 51.7 Å². The van der Waals surface area contributed by atoms with Crippen LogP contribution in [0.5, 0.6) is 5.75 Å². The number of hydrogen-bond donors (Lipinski definition) is 1. The molecule has 2 aliphatic heterocycles. The molecule has 0 unspecified atom stereocenters. The molecule has 150 valence electrons. The highest BCUT2D eigenvalue weighted by Crippen LogP contribution is 2.38.